The Labute approximate surface area is 163 Å². The lowest BCUT2D eigenvalue weighted by molar-refractivity contribution is -0.157. The molecule has 2 aliphatic heterocycles. The van der Waals surface area contributed by atoms with Gasteiger partial charge in [0.2, 0.25) is 0 Å². The molecule has 148 valence electrons. The summed E-state index contributed by atoms with van der Waals surface area (Å²) in [5.41, 5.74) is -0.00298. The Morgan fingerprint density at radius 2 is 1.96 bits per heavy atom. The van der Waals surface area contributed by atoms with Gasteiger partial charge < -0.3 is 9.64 Å². The second kappa shape index (κ2) is 6.96. The summed E-state index contributed by atoms with van der Waals surface area (Å²) in [5.74, 6) is -0.434. The average molecular weight is 383 g/mol. The maximum Gasteiger partial charge on any atom is 0.314 e. The van der Waals surface area contributed by atoms with Gasteiger partial charge in [0.25, 0.3) is 11.5 Å². The minimum Gasteiger partial charge on any atom is -0.466 e. The first-order chi connectivity index (χ1) is 13.5. The molecule has 4 rings (SSSR count). The van der Waals surface area contributed by atoms with Gasteiger partial charge in [-0.3, -0.25) is 19.5 Å². The van der Waals surface area contributed by atoms with Crippen LogP contribution in [0.15, 0.2) is 41.2 Å². The van der Waals surface area contributed by atoms with Crippen LogP contribution < -0.4 is 5.56 Å². The quantitative estimate of drug-likeness (QED) is 0.804. The van der Waals surface area contributed by atoms with E-state index in [0.717, 1.165) is 12.8 Å². The van der Waals surface area contributed by atoms with Crippen LogP contribution in [-0.4, -0.2) is 45.2 Å². The third-order valence-corrected chi connectivity index (χ3v) is 6.25. The van der Waals surface area contributed by atoms with Gasteiger partial charge in [-0.05, 0) is 44.7 Å². The van der Waals surface area contributed by atoms with Crippen LogP contribution in [0.25, 0.3) is 5.69 Å². The number of rotatable bonds is 5. The number of ether oxygens (including phenoxy) is 1. The van der Waals surface area contributed by atoms with Crippen molar-refractivity contribution in [2.24, 2.45) is 5.41 Å². The number of nitrogens with one attached hydrogen (secondary N) is 1. The molecular formula is C21H25N3O4. The lowest BCUT2D eigenvalue weighted by Crippen LogP contribution is -2.45. The molecule has 0 radical (unpaired) electrons. The fraction of sp³-hybridized carbons (Fsp3) is 0.476. The zero-order chi connectivity index (χ0) is 19.9. The maximum absolute atomic E-state index is 13.3. The van der Waals surface area contributed by atoms with Crippen LogP contribution in [0.4, 0.5) is 0 Å². The summed E-state index contributed by atoms with van der Waals surface area (Å²) in [7, 11) is 0. The van der Waals surface area contributed by atoms with E-state index in [9.17, 15) is 14.4 Å². The van der Waals surface area contributed by atoms with Crippen molar-refractivity contribution in [3.05, 3.63) is 52.4 Å². The minimum absolute atomic E-state index is 0.00503. The van der Waals surface area contributed by atoms with Gasteiger partial charge >= 0.3 is 5.97 Å². The molecule has 2 aliphatic rings. The largest absolute Gasteiger partial charge is 0.466 e. The SMILES string of the molecule is CCOC(=O)[C@@]1(CC)C[C@H]2CC[C@@H]1N2C(=O)c1cc(=O)n(-c2ccccc2)[nH]1. The summed E-state index contributed by atoms with van der Waals surface area (Å²) in [6, 6.07) is 10.3. The first-order valence-electron chi connectivity index (χ1n) is 9.89. The molecule has 2 aromatic rings. The van der Waals surface area contributed by atoms with E-state index in [-0.39, 0.29) is 35.2 Å². The topological polar surface area (TPSA) is 84.4 Å². The summed E-state index contributed by atoms with van der Waals surface area (Å²) in [5, 5.41) is 2.94. The van der Waals surface area contributed by atoms with Gasteiger partial charge in [-0.15, -0.1) is 0 Å². The highest BCUT2D eigenvalue weighted by Gasteiger charge is 2.61. The van der Waals surface area contributed by atoms with Crippen LogP contribution >= 0.6 is 0 Å². The van der Waals surface area contributed by atoms with Crippen LogP contribution in [0, 0.1) is 5.41 Å². The van der Waals surface area contributed by atoms with Crippen LogP contribution in [0.1, 0.15) is 50.0 Å². The molecule has 0 unspecified atom stereocenters. The number of para-hydroxylation sites is 1. The molecule has 3 heterocycles. The Morgan fingerprint density at radius 3 is 2.64 bits per heavy atom. The van der Waals surface area contributed by atoms with Crippen molar-refractivity contribution in [2.75, 3.05) is 6.61 Å². The Balaban J connectivity index is 1.65. The number of amides is 1. The Morgan fingerprint density at radius 1 is 1.21 bits per heavy atom. The van der Waals surface area contributed by atoms with Crippen molar-refractivity contribution in [3.8, 4) is 5.69 Å². The monoisotopic (exact) mass is 383 g/mol. The van der Waals surface area contributed by atoms with Crippen molar-refractivity contribution < 1.29 is 14.3 Å². The van der Waals surface area contributed by atoms with Crippen molar-refractivity contribution >= 4 is 11.9 Å². The predicted molar refractivity (Wildman–Crippen MR) is 103 cm³/mol. The van der Waals surface area contributed by atoms with E-state index in [1.807, 2.05) is 25.1 Å². The molecule has 28 heavy (non-hydrogen) atoms. The first kappa shape index (κ1) is 18.5. The number of benzene rings is 1. The summed E-state index contributed by atoms with van der Waals surface area (Å²) in [6.45, 7) is 4.11. The molecule has 1 aromatic carbocycles. The fourth-order valence-corrected chi connectivity index (χ4v) is 4.92. The summed E-state index contributed by atoms with van der Waals surface area (Å²) in [6.07, 6.45) is 2.93. The minimum atomic E-state index is -0.642. The molecule has 7 heteroatoms. The van der Waals surface area contributed by atoms with Gasteiger partial charge in [0, 0.05) is 18.2 Å². The number of H-pyrrole nitrogens is 1. The van der Waals surface area contributed by atoms with E-state index in [4.69, 9.17) is 4.74 Å². The second-order valence-electron chi connectivity index (χ2n) is 7.57. The van der Waals surface area contributed by atoms with Gasteiger partial charge in [-0.2, -0.15) is 0 Å². The number of aromatic amines is 1. The number of hydrogen-bond acceptors (Lipinski definition) is 4. The Hall–Kier alpha value is -2.83. The van der Waals surface area contributed by atoms with Crippen molar-refractivity contribution in [3.63, 3.8) is 0 Å². The lowest BCUT2D eigenvalue weighted by atomic mass is 9.72. The van der Waals surface area contributed by atoms with Crippen molar-refractivity contribution in [1.82, 2.24) is 14.7 Å². The smallest absolute Gasteiger partial charge is 0.314 e. The third-order valence-electron chi connectivity index (χ3n) is 6.25. The second-order valence-corrected chi connectivity index (χ2v) is 7.57. The summed E-state index contributed by atoms with van der Waals surface area (Å²) in [4.78, 5) is 40.2. The third kappa shape index (κ3) is 2.68. The van der Waals surface area contributed by atoms with Crippen molar-refractivity contribution in [1.29, 1.82) is 0 Å². The number of aromatic nitrogens is 2. The van der Waals surface area contributed by atoms with Gasteiger partial charge in [-0.1, -0.05) is 25.1 Å². The van der Waals surface area contributed by atoms with Gasteiger partial charge in [0.05, 0.1) is 17.7 Å². The maximum atomic E-state index is 13.3. The van der Waals surface area contributed by atoms with Gasteiger partial charge in [0.1, 0.15) is 5.69 Å². The van der Waals surface area contributed by atoms with E-state index in [0.29, 0.717) is 25.1 Å². The molecule has 7 nitrogen and oxygen atoms in total. The Kier molecular flexibility index (Phi) is 4.61. The first-order valence-corrected chi connectivity index (χ1v) is 9.89. The Bertz CT molecular complexity index is 948. The summed E-state index contributed by atoms with van der Waals surface area (Å²) >= 11 is 0. The number of nitrogens with zero attached hydrogens (tertiary/aromatic N) is 2. The molecule has 0 spiro atoms. The molecule has 1 N–H and O–H groups in total. The van der Waals surface area contributed by atoms with Gasteiger partial charge in [0.15, 0.2) is 0 Å². The van der Waals surface area contributed by atoms with Crippen LogP contribution in [0.3, 0.4) is 0 Å². The number of carbonyl (C=O) groups is 2. The molecule has 1 amide bonds. The number of esters is 1. The molecule has 2 bridgehead atoms. The molecule has 3 atom stereocenters. The molecule has 2 saturated heterocycles. The summed E-state index contributed by atoms with van der Waals surface area (Å²) < 4.78 is 6.71. The standard InChI is InChI=1S/C21H25N3O4/c1-3-21(20(27)28-4-2)13-15-10-11-17(21)23(15)19(26)16-12-18(25)24(22-16)14-8-6-5-7-9-14/h5-9,12,15,17,22H,3-4,10-11,13H2,1-2H3/t15-,17+,21+/m1/s1. The highest BCUT2D eigenvalue weighted by Crippen LogP contribution is 2.52. The lowest BCUT2D eigenvalue weighted by Gasteiger charge is -2.34. The molecular weight excluding hydrogens is 358 g/mol. The van der Waals surface area contributed by atoms with E-state index < -0.39 is 5.41 Å². The number of fused-ring (bicyclic) bond motifs is 2. The molecule has 2 fully saturated rings. The van der Waals surface area contributed by atoms with Crippen LogP contribution in [-0.2, 0) is 9.53 Å². The molecule has 0 aliphatic carbocycles. The number of carbonyl (C=O) groups excluding carboxylic acids is 2. The zero-order valence-corrected chi connectivity index (χ0v) is 16.2. The average Bonchev–Trinajstić information content (AvgIpc) is 3.39. The predicted octanol–water partition coefficient (Wildman–Crippen LogP) is 2.50. The van der Waals surface area contributed by atoms with Crippen molar-refractivity contribution in [2.45, 2.75) is 51.6 Å². The normalized spacial score (nSPS) is 25.9. The van der Waals surface area contributed by atoms with Gasteiger partial charge in [-0.25, -0.2) is 4.68 Å². The highest BCUT2D eigenvalue weighted by atomic mass is 16.5. The molecule has 1 aromatic heterocycles. The zero-order valence-electron chi connectivity index (χ0n) is 16.2. The van der Waals surface area contributed by atoms with E-state index in [1.165, 1.54) is 10.7 Å². The van der Waals surface area contributed by atoms with E-state index in [1.54, 1.807) is 24.0 Å². The highest BCUT2D eigenvalue weighted by molar-refractivity contribution is 5.94. The number of hydrogen-bond donors (Lipinski definition) is 1. The fourth-order valence-electron chi connectivity index (χ4n) is 4.92. The van der Waals surface area contributed by atoms with Crippen LogP contribution in [0.2, 0.25) is 0 Å². The van der Waals surface area contributed by atoms with Crippen LogP contribution in [0.5, 0.6) is 0 Å². The van der Waals surface area contributed by atoms with E-state index >= 15 is 0 Å². The molecule has 0 saturated carbocycles. The van der Waals surface area contributed by atoms with E-state index in [2.05, 4.69) is 5.10 Å².